The molecule has 0 aliphatic rings. The highest BCUT2D eigenvalue weighted by molar-refractivity contribution is 5.71. The van der Waals surface area contributed by atoms with Gasteiger partial charge in [-0.3, -0.25) is 4.98 Å². The molecule has 14 heavy (non-hydrogen) atoms. The fourth-order valence-electron chi connectivity index (χ4n) is 1.05. The first-order valence-corrected chi connectivity index (χ1v) is 4.38. The van der Waals surface area contributed by atoms with Crippen LogP contribution in [-0.4, -0.2) is 24.1 Å². The standard InChI is InChI=1S/C9H14N4O/c1-7-6-11-3-2-8(7)12-4-5-13-9(10)14/h2-3,6H,4-5H2,1H3,(H,11,12)(H3,10,13,14). The van der Waals surface area contributed by atoms with Gasteiger partial charge < -0.3 is 16.4 Å². The van der Waals surface area contributed by atoms with Crippen molar-refractivity contribution in [3.05, 3.63) is 24.0 Å². The Labute approximate surface area is 82.7 Å². The lowest BCUT2D eigenvalue weighted by Crippen LogP contribution is -2.33. The van der Waals surface area contributed by atoms with Gasteiger partial charge in [-0.15, -0.1) is 0 Å². The second kappa shape index (κ2) is 5.06. The van der Waals surface area contributed by atoms with Crippen LogP contribution in [-0.2, 0) is 0 Å². The van der Waals surface area contributed by atoms with Crippen molar-refractivity contribution in [3.63, 3.8) is 0 Å². The van der Waals surface area contributed by atoms with E-state index in [2.05, 4.69) is 15.6 Å². The van der Waals surface area contributed by atoms with E-state index in [4.69, 9.17) is 5.73 Å². The van der Waals surface area contributed by atoms with Gasteiger partial charge in [0.2, 0.25) is 0 Å². The highest BCUT2D eigenvalue weighted by Crippen LogP contribution is 2.10. The largest absolute Gasteiger partial charge is 0.383 e. The van der Waals surface area contributed by atoms with Gasteiger partial charge in [0.25, 0.3) is 0 Å². The Bertz CT molecular complexity index is 313. The Morgan fingerprint density at radius 2 is 2.36 bits per heavy atom. The number of aryl methyl sites for hydroxylation is 1. The summed E-state index contributed by atoms with van der Waals surface area (Å²) in [4.78, 5) is 14.3. The van der Waals surface area contributed by atoms with Crippen molar-refractivity contribution in [3.8, 4) is 0 Å². The van der Waals surface area contributed by atoms with E-state index in [9.17, 15) is 4.79 Å². The molecule has 0 aromatic carbocycles. The maximum Gasteiger partial charge on any atom is 0.312 e. The zero-order valence-corrected chi connectivity index (χ0v) is 8.08. The summed E-state index contributed by atoms with van der Waals surface area (Å²) < 4.78 is 0. The molecule has 0 unspecified atom stereocenters. The summed E-state index contributed by atoms with van der Waals surface area (Å²) in [5.41, 5.74) is 7.01. The number of nitrogens with two attached hydrogens (primary N) is 1. The Hall–Kier alpha value is -1.78. The molecule has 5 heteroatoms. The van der Waals surface area contributed by atoms with Crippen LogP contribution < -0.4 is 16.4 Å². The molecule has 1 aromatic rings. The maximum atomic E-state index is 10.4. The van der Waals surface area contributed by atoms with Crippen molar-refractivity contribution >= 4 is 11.7 Å². The molecule has 0 aliphatic heterocycles. The first-order valence-electron chi connectivity index (χ1n) is 4.38. The van der Waals surface area contributed by atoms with Crippen LogP contribution in [0, 0.1) is 6.92 Å². The van der Waals surface area contributed by atoms with Gasteiger partial charge in [0.1, 0.15) is 0 Å². The lowest BCUT2D eigenvalue weighted by molar-refractivity contribution is 0.249. The first kappa shape index (κ1) is 10.3. The van der Waals surface area contributed by atoms with Crippen molar-refractivity contribution in [1.29, 1.82) is 0 Å². The number of pyridine rings is 1. The molecule has 0 saturated carbocycles. The minimum atomic E-state index is -0.502. The van der Waals surface area contributed by atoms with Crippen molar-refractivity contribution < 1.29 is 4.79 Å². The predicted octanol–water partition coefficient (Wildman–Crippen LogP) is 0.470. The SMILES string of the molecule is Cc1cnccc1NCCNC(N)=O. The summed E-state index contributed by atoms with van der Waals surface area (Å²) >= 11 is 0. The summed E-state index contributed by atoms with van der Waals surface area (Å²) in [6, 6.07) is 1.39. The third-order valence-electron chi connectivity index (χ3n) is 1.76. The molecule has 0 aliphatic carbocycles. The van der Waals surface area contributed by atoms with Gasteiger partial charge in [-0.05, 0) is 18.6 Å². The molecule has 0 radical (unpaired) electrons. The second-order valence-corrected chi connectivity index (χ2v) is 2.91. The molecule has 2 amide bonds. The fourth-order valence-corrected chi connectivity index (χ4v) is 1.05. The van der Waals surface area contributed by atoms with Gasteiger partial charge in [-0.25, -0.2) is 4.79 Å². The highest BCUT2D eigenvalue weighted by atomic mass is 16.2. The summed E-state index contributed by atoms with van der Waals surface area (Å²) in [5.74, 6) is 0. The van der Waals surface area contributed by atoms with Crippen LogP contribution in [0.5, 0.6) is 0 Å². The quantitative estimate of drug-likeness (QED) is 0.609. The molecular weight excluding hydrogens is 180 g/mol. The number of carbonyl (C=O) groups is 1. The molecule has 0 bridgehead atoms. The van der Waals surface area contributed by atoms with Crippen LogP contribution in [0.1, 0.15) is 5.56 Å². The Morgan fingerprint density at radius 3 is 3.00 bits per heavy atom. The van der Waals surface area contributed by atoms with E-state index < -0.39 is 6.03 Å². The molecule has 0 spiro atoms. The van der Waals surface area contributed by atoms with Crippen LogP contribution >= 0.6 is 0 Å². The number of hydrogen-bond acceptors (Lipinski definition) is 3. The molecule has 0 atom stereocenters. The van der Waals surface area contributed by atoms with E-state index in [0.29, 0.717) is 13.1 Å². The molecule has 0 fully saturated rings. The van der Waals surface area contributed by atoms with E-state index in [1.807, 2.05) is 13.0 Å². The van der Waals surface area contributed by atoms with Crippen LogP contribution in [0.15, 0.2) is 18.5 Å². The normalized spacial score (nSPS) is 9.50. The fraction of sp³-hybridized carbons (Fsp3) is 0.333. The average molecular weight is 194 g/mol. The Balaban J connectivity index is 2.31. The number of anilines is 1. The third kappa shape index (κ3) is 3.30. The summed E-state index contributed by atoms with van der Waals surface area (Å²) in [6.45, 7) is 3.13. The van der Waals surface area contributed by atoms with Crippen molar-refractivity contribution in [2.75, 3.05) is 18.4 Å². The van der Waals surface area contributed by atoms with Gasteiger partial charge in [-0.2, -0.15) is 0 Å². The van der Waals surface area contributed by atoms with Gasteiger partial charge in [-0.1, -0.05) is 0 Å². The van der Waals surface area contributed by atoms with E-state index in [0.717, 1.165) is 11.3 Å². The minimum absolute atomic E-state index is 0.502. The number of aromatic nitrogens is 1. The van der Waals surface area contributed by atoms with Crippen LogP contribution in [0.4, 0.5) is 10.5 Å². The highest BCUT2D eigenvalue weighted by Gasteiger charge is 1.95. The van der Waals surface area contributed by atoms with E-state index >= 15 is 0 Å². The molecular formula is C9H14N4O. The van der Waals surface area contributed by atoms with Gasteiger partial charge in [0, 0.05) is 31.2 Å². The number of hydrogen-bond donors (Lipinski definition) is 3. The zero-order valence-electron chi connectivity index (χ0n) is 8.08. The van der Waals surface area contributed by atoms with Crippen molar-refractivity contribution in [2.24, 2.45) is 5.73 Å². The third-order valence-corrected chi connectivity index (χ3v) is 1.76. The predicted molar refractivity (Wildman–Crippen MR) is 55.0 cm³/mol. The van der Waals surface area contributed by atoms with E-state index in [-0.39, 0.29) is 0 Å². The zero-order chi connectivity index (χ0) is 10.4. The second-order valence-electron chi connectivity index (χ2n) is 2.91. The van der Waals surface area contributed by atoms with Crippen LogP contribution in [0.2, 0.25) is 0 Å². The van der Waals surface area contributed by atoms with Gasteiger partial charge in [0.05, 0.1) is 0 Å². The number of urea groups is 1. The molecule has 1 rings (SSSR count). The minimum Gasteiger partial charge on any atom is -0.383 e. The smallest absolute Gasteiger partial charge is 0.312 e. The number of carbonyl (C=O) groups excluding carboxylic acids is 1. The Morgan fingerprint density at radius 1 is 1.57 bits per heavy atom. The van der Waals surface area contributed by atoms with Gasteiger partial charge in [0.15, 0.2) is 0 Å². The van der Waals surface area contributed by atoms with Crippen LogP contribution in [0.3, 0.4) is 0 Å². The van der Waals surface area contributed by atoms with Crippen LogP contribution in [0.25, 0.3) is 0 Å². The topological polar surface area (TPSA) is 80.0 Å². The van der Waals surface area contributed by atoms with E-state index in [1.165, 1.54) is 0 Å². The maximum absolute atomic E-state index is 10.4. The number of primary amides is 1. The lowest BCUT2D eigenvalue weighted by Gasteiger charge is -2.08. The first-order chi connectivity index (χ1) is 6.70. The van der Waals surface area contributed by atoms with Gasteiger partial charge >= 0.3 is 6.03 Å². The molecule has 0 saturated heterocycles. The summed E-state index contributed by atoms with van der Waals surface area (Å²) in [7, 11) is 0. The molecule has 5 nitrogen and oxygen atoms in total. The number of rotatable bonds is 4. The summed E-state index contributed by atoms with van der Waals surface area (Å²) in [5, 5.41) is 5.65. The summed E-state index contributed by atoms with van der Waals surface area (Å²) in [6.07, 6.45) is 3.50. The lowest BCUT2D eigenvalue weighted by atomic mass is 10.2. The van der Waals surface area contributed by atoms with E-state index in [1.54, 1.807) is 12.4 Å². The number of nitrogens with one attached hydrogen (secondary N) is 2. The molecule has 1 heterocycles. The monoisotopic (exact) mass is 194 g/mol. The molecule has 4 N–H and O–H groups in total. The molecule has 76 valence electrons. The number of amides is 2. The Kier molecular flexibility index (Phi) is 3.72. The molecule has 1 aromatic heterocycles. The van der Waals surface area contributed by atoms with Crippen molar-refractivity contribution in [2.45, 2.75) is 6.92 Å². The average Bonchev–Trinajstić information content (AvgIpc) is 2.15. The van der Waals surface area contributed by atoms with Crippen molar-refractivity contribution in [1.82, 2.24) is 10.3 Å². The number of nitrogens with zero attached hydrogens (tertiary/aromatic N) is 1.